The Balaban J connectivity index is 1.59. The highest BCUT2D eigenvalue weighted by Crippen LogP contribution is 2.20. The van der Waals surface area contributed by atoms with Gasteiger partial charge in [-0.3, -0.25) is 0 Å². The summed E-state index contributed by atoms with van der Waals surface area (Å²) in [7, 11) is 2.23. The lowest BCUT2D eigenvalue weighted by molar-refractivity contribution is 0.279. The molecule has 4 heteroatoms. The highest BCUT2D eigenvalue weighted by Gasteiger charge is 2.23. The fourth-order valence-electron chi connectivity index (χ4n) is 2.63. The van der Waals surface area contributed by atoms with Crippen molar-refractivity contribution in [2.45, 2.75) is 50.9 Å². The lowest BCUT2D eigenvalue weighted by atomic mass is 10.2. The van der Waals surface area contributed by atoms with E-state index < -0.39 is 0 Å². The number of aromatic nitrogens is 2. The molecule has 2 heterocycles. The molecule has 1 N–H and O–H groups in total. The highest BCUT2D eigenvalue weighted by molar-refractivity contribution is 5.00. The lowest BCUT2D eigenvalue weighted by Gasteiger charge is -2.21. The Morgan fingerprint density at radius 2 is 2.29 bits per heavy atom. The molecule has 1 atom stereocenters. The highest BCUT2D eigenvalue weighted by atomic mass is 15.2. The van der Waals surface area contributed by atoms with Crippen LogP contribution in [-0.2, 0) is 13.1 Å². The van der Waals surface area contributed by atoms with Crippen LogP contribution in [0.1, 0.15) is 31.4 Å². The van der Waals surface area contributed by atoms with E-state index in [-0.39, 0.29) is 0 Å². The summed E-state index contributed by atoms with van der Waals surface area (Å²) >= 11 is 0. The van der Waals surface area contributed by atoms with E-state index in [0.29, 0.717) is 6.04 Å². The maximum atomic E-state index is 4.29. The van der Waals surface area contributed by atoms with Crippen molar-refractivity contribution in [3.8, 4) is 0 Å². The van der Waals surface area contributed by atoms with Crippen molar-refractivity contribution in [3.63, 3.8) is 0 Å². The SMILES string of the molecule is CN1CCCC1Cn1cncc1CNC1CC1. The molecule has 0 aromatic carbocycles. The fourth-order valence-corrected chi connectivity index (χ4v) is 2.63. The molecule has 1 aromatic rings. The van der Waals surface area contributed by atoms with Crippen LogP contribution in [0.5, 0.6) is 0 Å². The van der Waals surface area contributed by atoms with Gasteiger partial charge in [-0.05, 0) is 39.3 Å². The van der Waals surface area contributed by atoms with Crippen molar-refractivity contribution in [1.82, 2.24) is 19.8 Å². The number of likely N-dealkylation sites (tertiary alicyclic amines) is 1. The average Bonchev–Trinajstić information content (AvgIpc) is 2.92. The third kappa shape index (κ3) is 2.69. The van der Waals surface area contributed by atoms with Crippen molar-refractivity contribution in [3.05, 3.63) is 18.2 Å². The zero-order valence-corrected chi connectivity index (χ0v) is 10.6. The van der Waals surface area contributed by atoms with Gasteiger partial charge in [0, 0.05) is 31.4 Å². The third-order valence-corrected chi connectivity index (χ3v) is 4.03. The van der Waals surface area contributed by atoms with Crippen molar-refractivity contribution in [1.29, 1.82) is 0 Å². The molecule has 1 aliphatic carbocycles. The van der Waals surface area contributed by atoms with Gasteiger partial charge < -0.3 is 14.8 Å². The molecule has 0 radical (unpaired) electrons. The number of hydrogen-bond acceptors (Lipinski definition) is 3. The fraction of sp³-hybridized carbons (Fsp3) is 0.769. The van der Waals surface area contributed by atoms with E-state index in [1.165, 1.54) is 37.9 Å². The summed E-state index contributed by atoms with van der Waals surface area (Å²) in [5.41, 5.74) is 1.33. The van der Waals surface area contributed by atoms with Gasteiger partial charge in [-0.25, -0.2) is 4.98 Å². The van der Waals surface area contributed by atoms with Gasteiger partial charge in [-0.15, -0.1) is 0 Å². The molecule has 3 rings (SSSR count). The molecule has 0 spiro atoms. The molecular formula is C13H22N4. The molecule has 2 aliphatic rings. The quantitative estimate of drug-likeness (QED) is 0.832. The Hall–Kier alpha value is -0.870. The molecule has 1 saturated heterocycles. The minimum absolute atomic E-state index is 0.698. The molecule has 1 unspecified atom stereocenters. The van der Waals surface area contributed by atoms with Crippen molar-refractivity contribution in [2.75, 3.05) is 13.6 Å². The molecule has 2 fully saturated rings. The zero-order chi connectivity index (χ0) is 11.7. The number of likely N-dealkylation sites (N-methyl/N-ethyl adjacent to an activating group) is 1. The van der Waals surface area contributed by atoms with Gasteiger partial charge in [0.05, 0.1) is 12.0 Å². The molecule has 17 heavy (non-hydrogen) atoms. The van der Waals surface area contributed by atoms with Gasteiger partial charge in [0.15, 0.2) is 0 Å². The average molecular weight is 234 g/mol. The second-order valence-corrected chi connectivity index (χ2v) is 5.47. The Morgan fingerprint density at radius 1 is 1.41 bits per heavy atom. The van der Waals surface area contributed by atoms with Crippen LogP contribution >= 0.6 is 0 Å². The van der Waals surface area contributed by atoms with Crippen LogP contribution in [0.4, 0.5) is 0 Å². The number of nitrogens with one attached hydrogen (secondary N) is 1. The number of nitrogens with zero attached hydrogens (tertiary/aromatic N) is 3. The largest absolute Gasteiger partial charge is 0.332 e. The molecule has 0 bridgehead atoms. The van der Waals surface area contributed by atoms with Gasteiger partial charge in [0.2, 0.25) is 0 Å². The van der Waals surface area contributed by atoms with E-state index in [1.54, 1.807) is 0 Å². The summed E-state index contributed by atoms with van der Waals surface area (Å²) in [4.78, 5) is 6.76. The van der Waals surface area contributed by atoms with E-state index in [4.69, 9.17) is 0 Å². The van der Waals surface area contributed by atoms with Crippen LogP contribution in [0.2, 0.25) is 0 Å². The van der Waals surface area contributed by atoms with Crippen LogP contribution in [0, 0.1) is 0 Å². The monoisotopic (exact) mass is 234 g/mol. The molecular weight excluding hydrogens is 212 g/mol. The van der Waals surface area contributed by atoms with Gasteiger partial charge in [-0.2, -0.15) is 0 Å². The Bertz CT molecular complexity index is 369. The summed E-state index contributed by atoms with van der Waals surface area (Å²) in [6.45, 7) is 3.31. The smallest absolute Gasteiger partial charge is 0.0949 e. The summed E-state index contributed by atoms with van der Waals surface area (Å²) < 4.78 is 2.32. The second kappa shape index (κ2) is 4.78. The van der Waals surface area contributed by atoms with E-state index in [9.17, 15) is 0 Å². The van der Waals surface area contributed by atoms with Crippen molar-refractivity contribution in [2.24, 2.45) is 0 Å². The van der Waals surface area contributed by atoms with Crippen LogP contribution in [0.3, 0.4) is 0 Å². The van der Waals surface area contributed by atoms with Crippen molar-refractivity contribution < 1.29 is 0 Å². The van der Waals surface area contributed by atoms with Crippen LogP contribution in [0.25, 0.3) is 0 Å². The third-order valence-electron chi connectivity index (χ3n) is 4.03. The van der Waals surface area contributed by atoms with Gasteiger partial charge >= 0.3 is 0 Å². The standard InChI is InChI=1S/C13H22N4/c1-16-6-2-3-12(16)9-17-10-14-7-13(17)8-15-11-4-5-11/h7,10-12,15H,2-6,8-9H2,1H3. The maximum absolute atomic E-state index is 4.29. The minimum Gasteiger partial charge on any atom is -0.332 e. The molecule has 94 valence electrons. The summed E-state index contributed by atoms with van der Waals surface area (Å²) in [6, 6.07) is 1.47. The van der Waals surface area contributed by atoms with E-state index >= 15 is 0 Å². The maximum Gasteiger partial charge on any atom is 0.0949 e. The molecule has 4 nitrogen and oxygen atoms in total. The van der Waals surface area contributed by atoms with Crippen LogP contribution in [0.15, 0.2) is 12.5 Å². The summed E-state index contributed by atoms with van der Waals surface area (Å²) in [5.74, 6) is 0. The van der Waals surface area contributed by atoms with Crippen LogP contribution in [-0.4, -0.2) is 40.1 Å². The number of imidazole rings is 1. The molecule has 1 saturated carbocycles. The van der Waals surface area contributed by atoms with Crippen LogP contribution < -0.4 is 5.32 Å². The van der Waals surface area contributed by atoms with E-state index in [2.05, 4.69) is 26.8 Å². The minimum atomic E-state index is 0.698. The van der Waals surface area contributed by atoms with Crippen molar-refractivity contribution >= 4 is 0 Å². The zero-order valence-electron chi connectivity index (χ0n) is 10.6. The first-order valence-electron chi connectivity index (χ1n) is 6.75. The predicted octanol–water partition coefficient (Wildman–Crippen LogP) is 1.23. The normalized spacial score (nSPS) is 25.6. The molecule has 1 aliphatic heterocycles. The molecule has 0 amide bonds. The lowest BCUT2D eigenvalue weighted by Crippen LogP contribution is -2.30. The Labute approximate surface area is 103 Å². The Kier molecular flexibility index (Phi) is 3.16. The summed E-state index contributed by atoms with van der Waals surface area (Å²) in [5, 5.41) is 3.56. The van der Waals surface area contributed by atoms with Gasteiger partial charge in [0.1, 0.15) is 0 Å². The van der Waals surface area contributed by atoms with E-state index in [1.807, 2.05) is 12.5 Å². The van der Waals surface area contributed by atoms with E-state index in [0.717, 1.165) is 19.1 Å². The predicted molar refractivity (Wildman–Crippen MR) is 67.7 cm³/mol. The first kappa shape index (κ1) is 11.2. The number of rotatable bonds is 5. The van der Waals surface area contributed by atoms with Gasteiger partial charge in [-0.1, -0.05) is 0 Å². The van der Waals surface area contributed by atoms with Gasteiger partial charge in [0.25, 0.3) is 0 Å². The first-order valence-corrected chi connectivity index (χ1v) is 6.75. The topological polar surface area (TPSA) is 33.1 Å². The number of hydrogen-bond donors (Lipinski definition) is 1. The molecule has 1 aromatic heterocycles. The Morgan fingerprint density at radius 3 is 3.00 bits per heavy atom. The first-order chi connectivity index (χ1) is 8.33. The summed E-state index contributed by atoms with van der Waals surface area (Å²) in [6.07, 6.45) is 9.34. The second-order valence-electron chi connectivity index (χ2n) is 5.47.